The number of ketones is 2. The van der Waals surface area contributed by atoms with E-state index < -0.39 is 29.0 Å². The van der Waals surface area contributed by atoms with Gasteiger partial charge in [0.05, 0.1) is 16.7 Å². The molecule has 1 aliphatic rings. The first-order valence-corrected chi connectivity index (χ1v) is 8.61. The molecular weight excluding hydrogens is 376 g/mol. The number of carbonyl (C=O) groups excluding carboxylic acids is 2. The van der Waals surface area contributed by atoms with Crippen LogP contribution in [-0.4, -0.2) is 38.0 Å². The molecule has 7 nitrogen and oxygen atoms in total. The van der Waals surface area contributed by atoms with Gasteiger partial charge in [-0.15, -0.1) is 0 Å². The molecule has 0 saturated carbocycles. The standard InChI is InChI=1S/C22H14O7/c23-14-6-2-1-4-10(14)8-12-13(22(28)29)9-16(25)19-18(12)20(26)11-5-3-7-15(24)17(11)21(19)27/h1-7,9,23-25H,8H2,(H,28,29). The van der Waals surface area contributed by atoms with Crippen molar-refractivity contribution < 1.29 is 34.8 Å². The maximum absolute atomic E-state index is 13.2. The zero-order valence-corrected chi connectivity index (χ0v) is 14.8. The first kappa shape index (κ1) is 18.2. The topological polar surface area (TPSA) is 132 Å². The lowest BCUT2D eigenvalue weighted by Crippen LogP contribution is -2.24. The number of fused-ring (bicyclic) bond motifs is 2. The Bertz CT molecular complexity index is 1220. The first-order valence-electron chi connectivity index (χ1n) is 8.61. The van der Waals surface area contributed by atoms with Crippen molar-refractivity contribution in [2.24, 2.45) is 0 Å². The smallest absolute Gasteiger partial charge is 0.336 e. The average molecular weight is 390 g/mol. The Labute approximate surface area is 164 Å². The number of aromatic hydroxyl groups is 3. The predicted octanol–water partition coefficient (Wildman–Crippen LogP) is 2.87. The van der Waals surface area contributed by atoms with E-state index in [1.165, 1.54) is 24.3 Å². The summed E-state index contributed by atoms with van der Waals surface area (Å²) >= 11 is 0. The molecule has 3 aromatic rings. The highest BCUT2D eigenvalue weighted by atomic mass is 16.4. The van der Waals surface area contributed by atoms with Crippen LogP contribution >= 0.6 is 0 Å². The van der Waals surface area contributed by atoms with Gasteiger partial charge in [0.1, 0.15) is 17.2 Å². The number of phenols is 3. The normalized spacial score (nSPS) is 12.4. The summed E-state index contributed by atoms with van der Waals surface area (Å²) in [6.07, 6.45) is -0.149. The van der Waals surface area contributed by atoms with Crippen molar-refractivity contribution in [1.82, 2.24) is 0 Å². The van der Waals surface area contributed by atoms with Crippen LogP contribution in [0.1, 0.15) is 53.3 Å². The molecule has 1 aliphatic carbocycles. The van der Waals surface area contributed by atoms with E-state index in [1.807, 2.05) is 0 Å². The first-order chi connectivity index (χ1) is 13.8. The molecule has 29 heavy (non-hydrogen) atoms. The third-order valence-corrected chi connectivity index (χ3v) is 4.97. The van der Waals surface area contributed by atoms with Gasteiger partial charge in [0.25, 0.3) is 0 Å². The van der Waals surface area contributed by atoms with Gasteiger partial charge in [-0.2, -0.15) is 0 Å². The summed E-state index contributed by atoms with van der Waals surface area (Å²) < 4.78 is 0. The molecule has 0 aliphatic heterocycles. The number of phenolic OH excluding ortho intramolecular Hbond substituents is 3. The van der Waals surface area contributed by atoms with Gasteiger partial charge in [0.2, 0.25) is 5.78 Å². The Balaban J connectivity index is 2.04. The Morgan fingerprint density at radius 3 is 2.14 bits per heavy atom. The lowest BCUT2D eigenvalue weighted by Gasteiger charge is -2.23. The molecule has 0 saturated heterocycles. The van der Waals surface area contributed by atoms with E-state index in [9.17, 15) is 34.8 Å². The second-order valence-electron chi connectivity index (χ2n) is 6.64. The Morgan fingerprint density at radius 2 is 1.45 bits per heavy atom. The number of carboxylic acid groups (broad SMARTS) is 1. The fourth-order valence-electron chi connectivity index (χ4n) is 3.64. The number of hydrogen-bond donors (Lipinski definition) is 4. The molecule has 0 amide bonds. The third kappa shape index (κ3) is 2.71. The van der Waals surface area contributed by atoms with Crippen LogP contribution in [0.4, 0.5) is 0 Å². The van der Waals surface area contributed by atoms with E-state index in [2.05, 4.69) is 0 Å². The third-order valence-electron chi connectivity index (χ3n) is 4.97. The summed E-state index contributed by atoms with van der Waals surface area (Å²) in [6.45, 7) is 0. The summed E-state index contributed by atoms with van der Waals surface area (Å²) in [5.74, 6) is -4.02. The molecule has 3 aromatic carbocycles. The number of aromatic carboxylic acids is 1. The minimum Gasteiger partial charge on any atom is -0.508 e. The summed E-state index contributed by atoms with van der Waals surface area (Å²) in [4.78, 5) is 38.0. The van der Waals surface area contributed by atoms with Crippen molar-refractivity contribution >= 4 is 17.5 Å². The molecule has 0 atom stereocenters. The van der Waals surface area contributed by atoms with Crippen LogP contribution < -0.4 is 0 Å². The van der Waals surface area contributed by atoms with E-state index >= 15 is 0 Å². The SMILES string of the molecule is O=C(O)c1cc(O)c2c(c1Cc1ccccc1O)C(=O)c1cccc(O)c1C2=O. The lowest BCUT2D eigenvalue weighted by molar-refractivity contribution is 0.0694. The summed E-state index contributed by atoms with van der Waals surface area (Å²) in [7, 11) is 0. The van der Waals surface area contributed by atoms with Crippen molar-refractivity contribution in [3.05, 3.63) is 87.5 Å². The molecule has 4 N–H and O–H groups in total. The number of carbonyl (C=O) groups is 3. The van der Waals surface area contributed by atoms with Gasteiger partial charge in [-0.3, -0.25) is 9.59 Å². The van der Waals surface area contributed by atoms with Crippen LogP contribution in [0.3, 0.4) is 0 Å². The minimum atomic E-state index is -1.39. The summed E-state index contributed by atoms with van der Waals surface area (Å²) in [5.41, 5.74) is -0.925. The van der Waals surface area contributed by atoms with E-state index in [4.69, 9.17) is 0 Å². The van der Waals surface area contributed by atoms with Crippen LogP contribution in [0.25, 0.3) is 0 Å². The van der Waals surface area contributed by atoms with E-state index in [1.54, 1.807) is 18.2 Å². The average Bonchev–Trinajstić information content (AvgIpc) is 2.68. The van der Waals surface area contributed by atoms with Gasteiger partial charge >= 0.3 is 5.97 Å². The van der Waals surface area contributed by atoms with Crippen LogP contribution in [0.5, 0.6) is 17.2 Å². The zero-order valence-electron chi connectivity index (χ0n) is 14.8. The number of para-hydroxylation sites is 1. The number of hydrogen-bond acceptors (Lipinski definition) is 6. The number of rotatable bonds is 3. The number of carboxylic acids is 1. The van der Waals surface area contributed by atoms with Crippen LogP contribution in [-0.2, 0) is 6.42 Å². The van der Waals surface area contributed by atoms with Gasteiger partial charge in [-0.05, 0) is 29.3 Å². The fourth-order valence-corrected chi connectivity index (χ4v) is 3.64. The molecule has 0 aromatic heterocycles. The molecule has 0 unspecified atom stereocenters. The lowest BCUT2D eigenvalue weighted by atomic mass is 9.78. The second kappa shape index (κ2) is 6.49. The van der Waals surface area contributed by atoms with E-state index in [-0.39, 0.29) is 45.6 Å². The van der Waals surface area contributed by atoms with Gasteiger partial charge in [0, 0.05) is 17.5 Å². The molecule has 4 rings (SSSR count). The summed E-state index contributed by atoms with van der Waals surface area (Å²) in [6, 6.07) is 11.1. The predicted molar refractivity (Wildman–Crippen MR) is 101 cm³/mol. The van der Waals surface area contributed by atoms with Crippen molar-refractivity contribution in [3.8, 4) is 17.2 Å². The summed E-state index contributed by atoms with van der Waals surface area (Å²) in [5, 5.41) is 40.1. The largest absolute Gasteiger partial charge is 0.508 e. The fraction of sp³-hybridized carbons (Fsp3) is 0.0455. The molecule has 7 heteroatoms. The maximum atomic E-state index is 13.2. The molecule has 0 fully saturated rings. The molecular formula is C22H14O7. The Hall–Kier alpha value is -4.13. The number of benzene rings is 3. The van der Waals surface area contributed by atoms with Gasteiger partial charge in [-0.25, -0.2) is 4.79 Å². The highest BCUT2D eigenvalue weighted by molar-refractivity contribution is 6.31. The van der Waals surface area contributed by atoms with Crippen LogP contribution in [0.2, 0.25) is 0 Å². The van der Waals surface area contributed by atoms with Crippen LogP contribution in [0.15, 0.2) is 48.5 Å². The van der Waals surface area contributed by atoms with E-state index in [0.29, 0.717) is 5.56 Å². The zero-order chi connectivity index (χ0) is 20.9. The Kier molecular flexibility index (Phi) is 4.08. The quantitative estimate of drug-likeness (QED) is 0.423. The monoisotopic (exact) mass is 390 g/mol. The second-order valence-corrected chi connectivity index (χ2v) is 6.64. The maximum Gasteiger partial charge on any atom is 0.336 e. The van der Waals surface area contributed by atoms with Gasteiger partial charge < -0.3 is 20.4 Å². The van der Waals surface area contributed by atoms with Gasteiger partial charge in [0.15, 0.2) is 5.78 Å². The van der Waals surface area contributed by atoms with E-state index in [0.717, 1.165) is 6.07 Å². The Morgan fingerprint density at radius 1 is 0.759 bits per heavy atom. The van der Waals surface area contributed by atoms with Crippen molar-refractivity contribution in [1.29, 1.82) is 0 Å². The molecule has 0 radical (unpaired) electrons. The van der Waals surface area contributed by atoms with Gasteiger partial charge in [-0.1, -0.05) is 30.3 Å². The molecule has 0 heterocycles. The molecule has 0 spiro atoms. The van der Waals surface area contributed by atoms with Crippen molar-refractivity contribution in [3.63, 3.8) is 0 Å². The highest BCUT2D eigenvalue weighted by Crippen LogP contribution is 2.40. The van der Waals surface area contributed by atoms with Crippen LogP contribution in [0, 0.1) is 0 Å². The molecule has 144 valence electrons. The van der Waals surface area contributed by atoms with Crippen molar-refractivity contribution in [2.75, 3.05) is 0 Å². The minimum absolute atomic E-state index is 0.000794. The highest BCUT2D eigenvalue weighted by Gasteiger charge is 2.37. The van der Waals surface area contributed by atoms with Crippen molar-refractivity contribution in [2.45, 2.75) is 6.42 Å². The molecule has 0 bridgehead atoms.